The maximum atomic E-state index is 14.0. The van der Waals surface area contributed by atoms with Crippen LogP contribution in [0.3, 0.4) is 0 Å². The maximum absolute atomic E-state index is 14.0. The molecule has 0 aromatic carbocycles. The van der Waals surface area contributed by atoms with Crippen molar-refractivity contribution < 1.29 is 22.6 Å². The van der Waals surface area contributed by atoms with E-state index in [1.807, 2.05) is 0 Å². The van der Waals surface area contributed by atoms with E-state index in [0.29, 0.717) is 36.8 Å². The van der Waals surface area contributed by atoms with E-state index >= 15 is 0 Å². The fraction of sp³-hybridized carbons (Fsp3) is 0.500. The van der Waals surface area contributed by atoms with Crippen LogP contribution in [0.5, 0.6) is 0 Å². The topological polar surface area (TPSA) is 90.3 Å². The van der Waals surface area contributed by atoms with Crippen LogP contribution in [-0.2, 0) is 9.47 Å². The molecule has 2 atom stereocenters. The van der Waals surface area contributed by atoms with Crippen molar-refractivity contribution in [3.05, 3.63) is 48.1 Å². The molecule has 8 nitrogen and oxygen atoms in total. The Morgan fingerprint density at radius 3 is 2.73 bits per heavy atom. The third kappa shape index (κ3) is 6.18. The zero-order valence-corrected chi connectivity index (χ0v) is 19.0. The van der Waals surface area contributed by atoms with Gasteiger partial charge in [0, 0.05) is 38.1 Å². The normalized spacial score (nSPS) is 19.3. The van der Waals surface area contributed by atoms with Gasteiger partial charge in [0.1, 0.15) is 18.3 Å². The number of halogens is 3. The standard InChI is InChI=1S/C22H29F3N6O2/c1-14(11-15(2)33-10-9-32-4)27-16(3)21-29-28-19-6-5-17(12-31(19)21)20(22(23,24)25)30-8-7-18(26)13-30/h5-6,11-12,18,20H,3,7-10,13,26H2,1-2,4H3/b15-11+,27-14+/t18-,20+/m0/s1. The number of aromatic nitrogens is 3. The van der Waals surface area contributed by atoms with Crippen LogP contribution >= 0.6 is 0 Å². The SMILES string of the molecule is C=C(/N=C(C)/C=C(\C)OCCOC)c1nnc2ccc([C@@H](N3CC[C@H](N)C3)C(F)(F)F)cn12. The highest BCUT2D eigenvalue weighted by Gasteiger charge is 2.46. The fourth-order valence-electron chi connectivity index (χ4n) is 3.84. The number of nitrogens with two attached hydrogens (primary N) is 1. The summed E-state index contributed by atoms with van der Waals surface area (Å²) in [5.41, 5.74) is 7.21. The van der Waals surface area contributed by atoms with Gasteiger partial charge >= 0.3 is 6.18 Å². The Bertz CT molecular complexity index is 1050. The van der Waals surface area contributed by atoms with Gasteiger partial charge in [0.2, 0.25) is 0 Å². The van der Waals surface area contributed by atoms with Crippen LogP contribution in [0.4, 0.5) is 13.2 Å². The van der Waals surface area contributed by atoms with Gasteiger partial charge in [-0.2, -0.15) is 13.2 Å². The molecule has 2 aromatic rings. The van der Waals surface area contributed by atoms with Crippen molar-refractivity contribution in [3.8, 4) is 0 Å². The molecule has 1 aliphatic rings. The Morgan fingerprint density at radius 1 is 1.33 bits per heavy atom. The second-order valence-corrected chi connectivity index (χ2v) is 8.00. The number of allylic oxidation sites excluding steroid dienone is 2. The van der Waals surface area contributed by atoms with Crippen LogP contribution in [0.15, 0.2) is 41.7 Å². The van der Waals surface area contributed by atoms with Crippen LogP contribution in [-0.4, -0.2) is 70.8 Å². The average molecular weight is 467 g/mol. The van der Waals surface area contributed by atoms with Crippen LogP contribution < -0.4 is 5.73 Å². The lowest BCUT2D eigenvalue weighted by Crippen LogP contribution is -2.38. The Balaban J connectivity index is 1.88. The lowest BCUT2D eigenvalue weighted by Gasteiger charge is -2.30. The van der Waals surface area contributed by atoms with E-state index in [-0.39, 0.29) is 36.2 Å². The number of rotatable bonds is 9. The highest BCUT2D eigenvalue weighted by atomic mass is 19.4. The summed E-state index contributed by atoms with van der Waals surface area (Å²) in [6.45, 7) is 8.83. The molecular formula is C22H29F3N6O2. The fourth-order valence-corrected chi connectivity index (χ4v) is 3.84. The molecule has 3 rings (SSSR count). The Hall–Kier alpha value is -2.76. The second kappa shape index (κ2) is 10.4. The second-order valence-electron chi connectivity index (χ2n) is 8.00. The van der Waals surface area contributed by atoms with Crippen molar-refractivity contribution in [1.82, 2.24) is 19.5 Å². The molecule has 0 unspecified atom stereocenters. The first kappa shape index (κ1) is 24.9. The first-order valence-corrected chi connectivity index (χ1v) is 10.6. The third-order valence-corrected chi connectivity index (χ3v) is 5.27. The van der Waals surface area contributed by atoms with Gasteiger partial charge in [0.25, 0.3) is 0 Å². The summed E-state index contributed by atoms with van der Waals surface area (Å²) < 4.78 is 53.9. The van der Waals surface area contributed by atoms with Gasteiger partial charge in [-0.25, -0.2) is 0 Å². The van der Waals surface area contributed by atoms with Crippen LogP contribution in [0.25, 0.3) is 11.3 Å². The van der Waals surface area contributed by atoms with E-state index in [2.05, 4.69) is 21.8 Å². The molecule has 0 spiro atoms. The highest BCUT2D eigenvalue weighted by molar-refractivity contribution is 5.96. The van der Waals surface area contributed by atoms with Gasteiger partial charge in [-0.1, -0.05) is 12.6 Å². The van der Waals surface area contributed by atoms with Crippen LogP contribution in [0.1, 0.15) is 37.7 Å². The van der Waals surface area contributed by atoms with Crippen molar-refractivity contribution in [2.75, 3.05) is 33.4 Å². The van der Waals surface area contributed by atoms with Gasteiger partial charge in [-0.15, -0.1) is 10.2 Å². The largest absolute Gasteiger partial charge is 0.496 e. The number of aliphatic imine (C=N–C) groups is 1. The molecule has 2 aromatic heterocycles. The molecule has 0 bridgehead atoms. The molecule has 0 amide bonds. The summed E-state index contributed by atoms with van der Waals surface area (Å²) in [5, 5.41) is 8.13. The summed E-state index contributed by atoms with van der Waals surface area (Å²) in [7, 11) is 1.59. The van der Waals surface area contributed by atoms with E-state index in [0.717, 1.165) is 0 Å². The number of pyridine rings is 1. The molecular weight excluding hydrogens is 437 g/mol. The number of likely N-dealkylation sites (tertiary alicyclic amines) is 1. The minimum atomic E-state index is -4.46. The molecule has 3 heterocycles. The molecule has 1 saturated heterocycles. The molecule has 1 aliphatic heterocycles. The third-order valence-electron chi connectivity index (χ3n) is 5.27. The van der Waals surface area contributed by atoms with E-state index in [1.165, 1.54) is 27.6 Å². The number of hydrogen-bond acceptors (Lipinski definition) is 7. The minimum Gasteiger partial charge on any atom is -0.496 e. The van der Waals surface area contributed by atoms with E-state index in [9.17, 15) is 13.2 Å². The van der Waals surface area contributed by atoms with Crippen molar-refractivity contribution in [2.24, 2.45) is 10.7 Å². The molecule has 33 heavy (non-hydrogen) atoms. The summed E-state index contributed by atoms with van der Waals surface area (Å²) in [6.07, 6.45) is -0.800. The summed E-state index contributed by atoms with van der Waals surface area (Å²) in [6, 6.07) is 0.907. The number of alkyl halides is 3. The zero-order valence-electron chi connectivity index (χ0n) is 19.0. The lowest BCUT2D eigenvalue weighted by molar-refractivity contribution is -0.183. The van der Waals surface area contributed by atoms with Gasteiger partial charge < -0.3 is 15.2 Å². The monoisotopic (exact) mass is 466 g/mol. The molecule has 180 valence electrons. The summed E-state index contributed by atoms with van der Waals surface area (Å²) >= 11 is 0. The van der Waals surface area contributed by atoms with Crippen LogP contribution in [0, 0.1) is 0 Å². The van der Waals surface area contributed by atoms with Crippen molar-refractivity contribution >= 4 is 17.1 Å². The predicted octanol–water partition coefficient (Wildman–Crippen LogP) is 3.36. The highest BCUT2D eigenvalue weighted by Crippen LogP contribution is 2.39. The summed E-state index contributed by atoms with van der Waals surface area (Å²) in [5.74, 6) is 0.905. The predicted molar refractivity (Wildman–Crippen MR) is 120 cm³/mol. The number of ether oxygens (including phenoxy) is 2. The van der Waals surface area contributed by atoms with E-state index in [1.54, 1.807) is 27.0 Å². The van der Waals surface area contributed by atoms with Crippen molar-refractivity contribution in [1.29, 1.82) is 0 Å². The number of methoxy groups -OCH3 is 1. The molecule has 0 radical (unpaired) electrons. The molecule has 0 saturated carbocycles. The molecule has 1 fully saturated rings. The maximum Gasteiger partial charge on any atom is 0.408 e. The smallest absolute Gasteiger partial charge is 0.408 e. The first-order chi connectivity index (χ1) is 15.6. The Kier molecular flexibility index (Phi) is 7.88. The van der Waals surface area contributed by atoms with Gasteiger partial charge in [0.15, 0.2) is 11.5 Å². The number of hydrogen-bond donors (Lipinski definition) is 1. The van der Waals surface area contributed by atoms with Crippen molar-refractivity contribution in [2.45, 2.75) is 38.5 Å². The molecule has 0 aliphatic carbocycles. The minimum absolute atomic E-state index is 0.0842. The lowest BCUT2D eigenvalue weighted by atomic mass is 10.1. The molecule has 2 N–H and O–H groups in total. The van der Waals surface area contributed by atoms with Gasteiger partial charge in [-0.05, 0) is 38.0 Å². The van der Waals surface area contributed by atoms with E-state index < -0.39 is 12.2 Å². The van der Waals surface area contributed by atoms with Gasteiger partial charge in [-0.3, -0.25) is 14.3 Å². The number of fused-ring (bicyclic) bond motifs is 1. The summed E-state index contributed by atoms with van der Waals surface area (Å²) in [4.78, 5) is 5.78. The van der Waals surface area contributed by atoms with E-state index in [4.69, 9.17) is 15.2 Å². The van der Waals surface area contributed by atoms with Crippen LogP contribution in [0.2, 0.25) is 0 Å². The zero-order chi connectivity index (χ0) is 24.2. The van der Waals surface area contributed by atoms with Gasteiger partial charge in [0.05, 0.1) is 12.4 Å². The molecule has 11 heteroatoms. The Morgan fingerprint density at radius 2 is 2.09 bits per heavy atom. The number of nitrogens with zero attached hydrogens (tertiary/aromatic N) is 5. The first-order valence-electron chi connectivity index (χ1n) is 10.6. The Labute approximate surface area is 190 Å². The van der Waals surface area contributed by atoms with Crippen molar-refractivity contribution in [3.63, 3.8) is 0 Å². The average Bonchev–Trinajstić information content (AvgIpc) is 3.33. The quantitative estimate of drug-likeness (QED) is 0.346.